The van der Waals surface area contributed by atoms with Crippen molar-refractivity contribution in [2.75, 3.05) is 5.75 Å². The van der Waals surface area contributed by atoms with Crippen molar-refractivity contribution in [1.29, 1.82) is 0 Å². The van der Waals surface area contributed by atoms with E-state index < -0.39 is 0 Å². The lowest BCUT2D eigenvalue weighted by Gasteiger charge is -1.91. The Labute approximate surface area is 68.8 Å². The van der Waals surface area contributed by atoms with Crippen LogP contribution in [-0.4, -0.2) is 20.9 Å². The summed E-state index contributed by atoms with van der Waals surface area (Å²) in [5, 5.41) is 6.75. The number of hydrogen-bond donors (Lipinski definition) is 2. The molecular weight excluding hydrogens is 162 g/mol. The third-order valence-corrected chi connectivity index (χ3v) is 2.18. The highest BCUT2D eigenvalue weighted by atomic mass is 32.2. The Morgan fingerprint density at radius 1 is 1.64 bits per heavy atom. The van der Waals surface area contributed by atoms with Gasteiger partial charge in [-0.2, -0.15) is 0 Å². The Morgan fingerprint density at radius 2 is 2.45 bits per heavy atom. The third-order valence-electron chi connectivity index (χ3n) is 1.22. The van der Waals surface area contributed by atoms with Crippen LogP contribution in [0.4, 0.5) is 0 Å². The van der Waals surface area contributed by atoms with E-state index in [1.165, 1.54) is 6.42 Å². The molecule has 0 saturated heterocycles. The molecule has 1 heterocycles. The lowest BCUT2D eigenvalue weighted by atomic mass is 10.4. The maximum Gasteiger partial charge on any atom is 0.341 e. The molecule has 4 nitrogen and oxygen atoms in total. The van der Waals surface area contributed by atoms with Crippen molar-refractivity contribution < 1.29 is 0 Å². The predicted octanol–water partition coefficient (Wildman–Crippen LogP) is 0.990. The molecule has 1 rings (SSSR count). The van der Waals surface area contributed by atoms with Gasteiger partial charge in [-0.05, 0) is 6.42 Å². The van der Waals surface area contributed by atoms with Crippen molar-refractivity contribution in [1.82, 2.24) is 15.2 Å². The minimum atomic E-state index is -0.232. The average Bonchev–Trinajstić information content (AvgIpc) is 2.37. The molecule has 62 valence electrons. The Morgan fingerprint density at radius 3 is 3.00 bits per heavy atom. The molecule has 0 spiro atoms. The van der Waals surface area contributed by atoms with E-state index in [1.807, 2.05) is 0 Å². The molecule has 0 amide bonds. The van der Waals surface area contributed by atoms with Crippen LogP contribution in [0.3, 0.4) is 0 Å². The molecule has 1 aromatic rings. The van der Waals surface area contributed by atoms with Crippen LogP contribution in [0.2, 0.25) is 0 Å². The third kappa shape index (κ3) is 2.80. The summed E-state index contributed by atoms with van der Waals surface area (Å²) in [7, 11) is 0. The first kappa shape index (κ1) is 8.39. The summed E-state index contributed by atoms with van der Waals surface area (Å²) in [5.41, 5.74) is -0.232. The van der Waals surface area contributed by atoms with Crippen molar-refractivity contribution >= 4 is 11.8 Å². The van der Waals surface area contributed by atoms with E-state index in [9.17, 15) is 4.79 Å². The summed E-state index contributed by atoms with van der Waals surface area (Å²) in [5.74, 6) is 1.01. The lowest BCUT2D eigenvalue weighted by molar-refractivity contribution is 0.889. The fourth-order valence-corrected chi connectivity index (χ4v) is 1.54. The van der Waals surface area contributed by atoms with Gasteiger partial charge in [-0.3, -0.25) is 4.98 Å². The minimum absolute atomic E-state index is 0.232. The molecule has 1 aromatic heterocycles. The number of nitrogens with one attached hydrogen (secondary N) is 2. The predicted molar refractivity (Wildman–Crippen MR) is 44.8 cm³/mol. The first-order valence-corrected chi connectivity index (χ1v) is 4.59. The van der Waals surface area contributed by atoms with E-state index in [-0.39, 0.29) is 5.69 Å². The Balaban J connectivity index is 2.33. The Kier molecular flexibility index (Phi) is 3.22. The Hall–Kier alpha value is -0.710. The molecule has 0 atom stereocenters. The molecule has 0 aliphatic carbocycles. The molecule has 0 aromatic carbocycles. The van der Waals surface area contributed by atoms with E-state index in [2.05, 4.69) is 22.1 Å². The first-order chi connectivity index (χ1) is 5.33. The fraction of sp³-hybridized carbons (Fsp3) is 0.667. The van der Waals surface area contributed by atoms with Gasteiger partial charge in [-0.15, -0.1) is 5.10 Å². The summed E-state index contributed by atoms with van der Waals surface area (Å²) in [6.45, 7) is 2.13. The summed E-state index contributed by atoms with van der Waals surface area (Å²) in [6, 6.07) is 0. The summed E-state index contributed by atoms with van der Waals surface area (Å²) < 4.78 is 0. The molecule has 0 aliphatic rings. The van der Waals surface area contributed by atoms with Gasteiger partial charge < -0.3 is 0 Å². The second-order valence-electron chi connectivity index (χ2n) is 2.18. The number of hydrogen-bond acceptors (Lipinski definition) is 3. The van der Waals surface area contributed by atoms with Crippen LogP contribution in [-0.2, 0) is 0 Å². The van der Waals surface area contributed by atoms with E-state index in [0.29, 0.717) is 5.16 Å². The molecular formula is C6H11N3OS. The van der Waals surface area contributed by atoms with Gasteiger partial charge in [-0.1, -0.05) is 25.1 Å². The number of rotatable bonds is 4. The fourth-order valence-electron chi connectivity index (χ4n) is 0.636. The highest BCUT2D eigenvalue weighted by molar-refractivity contribution is 7.99. The van der Waals surface area contributed by atoms with Crippen LogP contribution in [0.15, 0.2) is 9.95 Å². The zero-order valence-electron chi connectivity index (χ0n) is 6.39. The van der Waals surface area contributed by atoms with Crippen LogP contribution in [0.1, 0.15) is 19.8 Å². The maximum absolute atomic E-state index is 10.5. The van der Waals surface area contributed by atoms with Crippen molar-refractivity contribution in [3.05, 3.63) is 10.5 Å². The van der Waals surface area contributed by atoms with Gasteiger partial charge >= 0.3 is 5.69 Å². The van der Waals surface area contributed by atoms with Crippen LogP contribution < -0.4 is 5.69 Å². The zero-order valence-corrected chi connectivity index (χ0v) is 7.20. The van der Waals surface area contributed by atoms with Gasteiger partial charge in [0.15, 0.2) is 5.16 Å². The standard InChI is InChI=1S/C6H11N3OS/c1-2-3-4-11-6-7-5(10)8-9-6/h2-4H2,1H3,(H2,7,8,9,10). The zero-order chi connectivity index (χ0) is 8.10. The number of H-pyrrole nitrogens is 2. The van der Waals surface area contributed by atoms with E-state index in [4.69, 9.17) is 0 Å². The number of thioether (sulfide) groups is 1. The van der Waals surface area contributed by atoms with Crippen LogP contribution in [0, 0.1) is 0 Å². The molecule has 11 heavy (non-hydrogen) atoms. The lowest BCUT2D eigenvalue weighted by Crippen LogP contribution is -2.00. The SMILES string of the molecule is CCCCSc1n[nH]c(=O)[nH]1. The number of aromatic amines is 2. The van der Waals surface area contributed by atoms with Gasteiger partial charge in [0.05, 0.1) is 0 Å². The molecule has 2 N–H and O–H groups in total. The van der Waals surface area contributed by atoms with Gasteiger partial charge in [0.1, 0.15) is 0 Å². The number of unbranched alkanes of at least 4 members (excludes halogenated alkanes) is 1. The smallest absolute Gasteiger partial charge is 0.284 e. The molecule has 0 bridgehead atoms. The quantitative estimate of drug-likeness (QED) is 0.527. The van der Waals surface area contributed by atoms with Crippen molar-refractivity contribution in [2.45, 2.75) is 24.9 Å². The minimum Gasteiger partial charge on any atom is -0.284 e. The normalized spacial score (nSPS) is 10.3. The second kappa shape index (κ2) is 4.23. The largest absolute Gasteiger partial charge is 0.341 e. The second-order valence-corrected chi connectivity index (χ2v) is 3.27. The average molecular weight is 173 g/mol. The number of nitrogens with zero attached hydrogens (tertiary/aromatic N) is 1. The molecule has 0 unspecified atom stereocenters. The van der Waals surface area contributed by atoms with E-state index in [0.717, 1.165) is 12.2 Å². The topological polar surface area (TPSA) is 61.5 Å². The molecule has 0 saturated carbocycles. The van der Waals surface area contributed by atoms with Crippen LogP contribution in [0.25, 0.3) is 0 Å². The highest BCUT2D eigenvalue weighted by Gasteiger charge is 1.96. The van der Waals surface area contributed by atoms with Crippen LogP contribution in [0.5, 0.6) is 0 Å². The number of aromatic nitrogens is 3. The van der Waals surface area contributed by atoms with Gasteiger partial charge in [-0.25, -0.2) is 9.89 Å². The van der Waals surface area contributed by atoms with Crippen LogP contribution >= 0.6 is 11.8 Å². The van der Waals surface area contributed by atoms with Crippen molar-refractivity contribution in [2.24, 2.45) is 0 Å². The molecule has 0 fully saturated rings. The molecule has 0 aliphatic heterocycles. The highest BCUT2D eigenvalue weighted by Crippen LogP contribution is 2.11. The van der Waals surface area contributed by atoms with E-state index >= 15 is 0 Å². The summed E-state index contributed by atoms with van der Waals surface area (Å²) in [4.78, 5) is 13.1. The van der Waals surface area contributed by atoms with Gasteiger partial charge in [0.25, 0.3) is 0 Å². The molecule has 5 heteroatoms. The van der Waals surface area contributed by atoms with Crippen molar-refractivity contribution in [3.63, 3.8) is 0 Å². The monoisotopic (exact) mass is 173 g/mol. The maximum atomic E-state index is 10.5. The van der Waals surface area contributed by atoms with Gasteiger partial charge in [0.2, 0.25) is 0 Å². The van der Waals surface area contributed by atoms with Crippen molar-refractivity contribution in [3.8, 4) is 0 Å². The van der Waals surface area contributed by atoms with Gasteiger partial charge in [0, 0.05) is 5.75 Å². The summed E-state index contributed by atoms with van der Waals surface area (Å²) in [6.07, 6.45) is 2.32. The van der Waals surface area contributed by atoms with E-state index in [1.54, 1.807) is 11.8 Å². The Bertz CT molecular complexity index is 254. The molecule has 0 radical (unpaired) electrons. The summed E-state index contributed by atoms with van der Waals surface area (Å²) >= 11 is 1.57. The first-order valence-electron chi connectivity index (χ1n) is 3.60.